The van der Waals surface area contributed by atoms with Gasteiger partial charge in [0.1, 0.15) is 13.2 Å². The summed E-state index contributed by atoms with van der Waals surface area (Å²) in [5, 5.41) is 0. The molecule has 0 aromatic carbocycles. The van der Waals surface area contributed by atoms with Crippen LogP contribution in [-0.4, -0.2) is 37.2 Å². The second kappa shape index (κ2) is 67.9. The van der Waals surface area contributed by atoms with Crippen molar-refractivity contribution >= 4 is 17.9 Å². The quantitative estimate of drug-likeness (QED) is 0.0261. The Hall–Kier alpha value is -2.63. The number of carbonyl (C=O) groups excluding carboxylic acids is 3. The molecule has 0 radical (unpaired) electrons. The van der Waals surface area contributed by atoms with E-state index in [1.807, 2.05) is 0 Å². The lowest BCUT2D eigenvalue weighted by atomic mass is 10.0. The third kappa shape index (κ3) is 66.1. The van der Waals surface area contributed by atoms with Crippen LogP contribution < -0.4 is 0 Å². The smallest absolute Gasteiger partial charge is 0.306 e. The van der Waals surface area contributed by atoms with Crippen molar-refractivity contribution in [1.29, 1.82) is 0 Å². The Morgan fingerprint density at radius 3 is 0.722 bits per heavy atom. The molecule has 0 rings (SSSR count). The van der Waals surface area contributed by atoms with Gasteiger partial charge in [-0.05, 0) is 83.5 Å². The van der Waals surface area contributed by atoms with Crippen LogP contribution in [-0.2, 0) is 28.6 Å². The molecule has 1 atom stereocenters. The number of unbranched alkanes of at least 4 members (excludes halogenated alkanes) is 46. The molecule has 0 heterocycles. The Kier molecular flexibility index (Phi) is 65.6. The number of hydrogen-bond donors (Lipinski definition) is 0. The molecule has 0 saturated heterocycles. The molecule has 0 spiro atoms. The summed E-state index contributed by atoms with van der Waals surface area (Å²) in [6.07, 6.45) is 85.6. The van der Waals surface area contributed by atoms with Gasteiger partial charge in [0, 0.05) is 19.3 Å². The van der Waals surface area contributed by atoms with Crippen molar-refractivity contribution in [3.63, 3.8) is 0 Å². The number of carbonyl (C=O) groups is 3. The van der Waals surface area contributed by atoms with E-state index in [1.54, 1.807) is 0 Å². The monoisotopic (exact) mass is 1110 g/mol. The lowest BCUT2D eigenvalue weighted by Gasteiger charge is -2.18. The zero-order chi connectivity index (χ0) is 57.1. The highest BCUT2D eigenvalue weighted by Crippen LogP contribution is 2.18. The van der Waals surface area contributed by atoms with Gasteiger partial charge >= 0.3 is 17.9 Å². The normalized spacial score (nSPS) is 12.3. The zero-order valence-electron chi connectivity index (χ0n) is 53.2. The van der Waals surface area contributed by atoms with Crippen LogP contribution in [0.5, 0.6) is 0 Å². The fourth-order valence-corrected chi connectivity index (χ4v) is 10.5. The molecule has 6 nitrogen and oxygen atoms in total. The lowest BCUT2D eigenvalue weighted by molar-refractivity contribution is -0.167. The summed E-state index contributed by atoms with van der Waals surface area (Å²) in [6, 6.07) is 0. The topological polar surface area (TPSA) is 78.9 Å². The van der Waals surface area contributed by atoms with E-state index in [1.165, 1.54) is 263 Å². The maximum atomic E-state index is 12.9. The van der Waals surface area contributed by atoms with Crippen LogP contribution in [0, 0.1) is 0 Å². The first kappa shape index (κ1) is 76.4. The fraction of sp³-hybridized carbons (Fsp3) is 0.849. The van der Waals surface area contributed by atoms with Gasteiger partial charge in [-0.15, -0.1) is 0 Å². The molecule has 0 bridgehead atoms. The summed E-state index contributed by atoms with van der Waals surface area (Å²) < 4.78 is 17.0. The largest absolute Gasteiger partial charge is 0.462 e. The highest BCUT2D eigenvalue weighted by atomic mass is 16.6. The van der Waals surface area contributed by atoms with Crippen LogP contribution in [0.2, 0.25) is 0 Å². The van der Waals surface area contributed by atoms with E-state index in [0.717, 1.165) is 77.0 Å². The van der Waals surface area contributed by atoms with Crippen molar-refractivity contribution in [2.45, 2.75) is 386 Å². The molecule has 1 unspecified atom stereocenters. The Bertz CT molecular complexity index is 1360. The van der Waals surface area contributed by atoms with E-state index in [0.29, 0.717) is 19.3 Å². The Morgan fingerprint density at radius 2 is 0.456 bits per heavy atom. The molecule has 462 valence electrons. The maximum absolute atomic E-state index is 12.9. The number of hydrogen-bond acceptors (Lipinski definition) is 6. The molecule has 0 aromatic heterocycles. The molecule has 0 aromatic rings. The molecular weight excluding hydrogens is 973 g/mol. The van der Waals surface area contributed by atoms with Gasteiger partial charge in [0.25, 0.3) is 0 Å². The summed E-state index contributed by atoms with van der Waals surface area (Å²) in [4.78, 5) is 38.4. The minimum Gasteiger partial charge on any atom is -0.462 e. The highest BCUT2D eigenvalue weighted by molar-refractivity contribution is 5.71. The van der Waals surface area contributed by atoms with E-state index < -0.39 is 6.10 Å². The number of esters is 3. The molecule has 0 amide bonds. The first-order valence-corrected chi connectivity index (χ1v) is 35.1. The fourth-order valence-electron chi connectivity index (χ4n) is 10.5. The molecule has 0 saturated carbocycles. The van der Waals surface area contributed by atoms with Crippen molar-refractivity contribution in [2.75, 3.05) is 13.2 Å². The number of ether oxygens (including phenoxy) is 3. The van der Waals surface area contributed by atoms with Crippen LogP contribution in [0.25, 0.3) is 0 Å². The standard InChI is InChI=1S/C73H134O6/c1-4-7-10-13-16-19-22-25-28-31-33-34-35-36-37-38-39-40-41-43-45-48-51-54-57-60-63-66-72(75)78-69-70(68-77-71(74)65-62-59-56-53-50-47-44-30-27-24-21-18-15-12-9-6-3)79-73(76)67-64-61-58-55-52-49-46-42-32-29-26-23-20-17-14-11-8-5-2/h22,25,30-31,33,35-36,44,70H,4-21,23-24,26-29,32,34,37-43,45-69H2,1-3H3/b25-22-,33-31-,36-35-,44-30-. The average Bonchev–Trinajstić information content (AvgIpc) is 3.45. The van der Waals surface area contributed by atoms with Crippen molar-refractivity contribution in [1.82, 2.24) is 0 Å². The summed E-state index contributed by atoms with van der Waals surface area (Å²) >= 11 is 0. The average molecular weight is 1110 g/mol. The highest BCUT2D eigenvalue weighted by Gasteiger charge is 2.19. The molecular formula is C73H134O6. The zero-order valence-corrected chi connectivity index (χ0v) is 53.2. The molecule has 0 aliphatic carbocycles. The van der Waals surface area contributed by atoms with Crippen LogP contribution in [0.15, 0.2) is 48.6 Å². The van der Waals surface area contributed by atoms with Crippen molar-refractivity contribution in [3.05, 3.63) is 48.6 Å². The van der Waals surface area contributed by atoms with Gasteiger partial charge in [-0.2, -0.15) is 0 Å². The minimum absolute atomic E-state index is 0.0723. The van der Waals surface area contributed by atoms with Gasteiger partial charge in [0.05, 0.1) is 0 Å². The van der Waals surface area contributed by atoms with E-state index in [2.05, 4.69) is 69.4 Å². The summed E-state index contributed by atoms with van der Waals surface area (Å²) in [6.45, 7) is 6.69. The molecule has 0 fully saturated rings. The van der Waals surface area contributed by atoms with Gasteiger partial charge in [-0.3, -0.25) is 14.4 Å². The summed E-state index contributed by atoms with van der Waals surface area (Å²) in [5.41, 5.74) is 0. The van der Waals surface area contributed by atoms with E-state index in [4.69, 9.17) is 14.2 Å². The SMILES string of the molecule is CCCCCCC/C=C\C/C=C\C/C=C\CCCCCCCCCCCCCCC(=O)OCC(COC(=O)CCCCCCC/C=C\CCCCCCCCC)OC(=O)CCCCCCCCCCCCCCCCCCCC. The molecule has 6 heteroatoms. The third-order valence-electron chi connectivity index (χ3n) is 15.8. The predicted octanol–water partition coefficient (Wildman–Crippen LogP) is 24.1. The van der Waals surface area contributed by atoms with Gasteiger partial charge in [-0.25, -0.2) is 0 Å². The Balaban J connectivity index is 4.28. The van der Waals surface area contributed by atoms with E-state index in [9.17, 15) is 14.4 Å². The van der Waals surface area contributed by atoms with Crippen LogP contribution in [0.3, 0.4) is 0 Å². The lowest BCUT2D eigenvalue weighted by Crippen LogP contribution is -2.30. The van der Waals surface area contributed by atoms with Crippen molar-refractivity contribution in [3.8, 4) is 0 Å². The first-order chi connectivity index (χ1) is 39.0. The Labute approximate surface area is 492 Å². The molecule has 79 heavy (non-hydrogen) atoms. The van der Waals surface area contributed by atoms with Crippen LogP contribution in [0.4, 0.5) is 0 Å². The third-order valence-corrected chi connectivity index (χ3v) is 15.8. The minimum atomic E-state index is -0.776. The van der Waals surface area contributed by atoms with Gasteiger partial charge < -0.3 is 14.2 Å². The van der Waals surface area contributed by atoms with E-state index in [-0.39, 0.29) is 31.1 Å². The summed E-state index contributed by atoms with van der Waals surface area (Å²) in [7, 11) is 0. The van der Waals surface area contributed by atoms with Crippen LogP contribution >= 0.6 is 0 Å². The van der Waals surface area contributed by atoms with E-state index >= 15 is 0 Å². The second-order valence-electron chi connectivity index (χ2n) is 23.8. The molecule has 0 aliphatic rings. The summed E-state index contributed by atoms with van der Waals surface area (Å²) in [5.74, 6) is -0.855. The second-order valence-corrected chi connectivity index (χ2v) is 23.8. The number of rotatable bonds is 65. The molecule has 0 N–H and O–H groups in total. The van der Waals surface area contributed by atoms with Gasteiger partial charge in [0.15, 0.2) is 6.10 Å². The first-order valence-electron chi connectivity index (χ1n) is 35.1. The Morgan fingerprint density at radius 1 is 0.253 bits per heavy atom. The predicted molar refractivity (Wildman–Crippen MR) is 344 cm³/mol. The van der Waals surface area contributed by atoms with Crippen molar-refractivity contribution < 1.29 is 28.6 Å². The van der Waals surface area contributed by atoms with Gasteiger partial charge in [0.2, 0.25) is 0 Å². The molecule has 0 aliphatic heterocycles. The van der Waals surface area contributed by atoms with Crippen molar-refractivity contribution in [2.24, 2.45) is 0 Å². The number of allylic oxidation sites excluding steroid dienone is 8. The van der Waals surface area contributed by atoms with Gasteiger partial charge in [-0.1, -0.05) is 326 Å². The van der Waals surface area contributed by atoms with Crippen LogP contribution in [0.1, 0.15) is 380 Å². The maximum Gasteiger partial charge on any atom is 0.306 e.